The molecule has 1 aliphatic rings. The van der Waals surface area contributed by atoms with E-state index in [4.69, 9.17) is 9.84 Å². The van der Waals surface area contributed by atoms with Crippen molar-refractivity contribution >= 4 is 11.8 Å². The van der Waals surface area contributed by atoms with Crippen LogP contribution in [0.25, 0.3) is 0 Å². The van der Waals surface area contributed by atoms with Crippen molar-refractivity contribution in [1.29, 1.82) is 0 Å². The van der Waals surface area contributed by atoms with Gasteiger partial charge in [0, 0.05) is 5.75 Å². The zero-order chi connectivity index (χ0) is 12.3. The van der Waals surface area contributed by atoms with Crippen LogP contribution in [0.4, 0.5) is 0 Å². The zero-order valence-corrected chi connectivity index (χ0v) is 11.0. The van der Waals surface area contributed by atoms with E-state index in [-0.39, 0.29) is 18.3 Å². The molecule has 1 aromatic heterocycles. The summed E-state index contributed by atoms with van der Waals surface area (Å²) in [6.45, 7) is 4.72. The van der Waals surface area contributed by atoms with Crippen molar-refractivity contribution in [3.63, 3.8) is 0 Å². The van der Waals surface area contributed by atoms with Crippen molar-refractivity contribution in [2.75, 3.05) is 12.4 Å². The molecule has 0 aliphatic carbocycles. The van der Waals surface area contributed by atoms with Crippen molar-refractivity contribution < 1.29 is 9.84 Å². The number of hydrogen-bond acceptors (Lipinski definition) is 6. The quantitative estimate of drug-likeness (QED) is 0.784. The van der Waals surface area contributed by atoms with Gasteiger partial charge in [-0.3, -0.25) is 0 Å². The number of hydrogen-bond donors (Lipinski definition) is 1. The Morgan fingerprint density at radius 2 is 2.41 bits per heavy atom. The fraction of sp³-hybridized carbons (Fsp3) is 0.900. The minimum absolute atomic E-state index is 0.00223. The monoisotopic (exact) mass is 258 g/mol. The highest BCUT2D eigenvalue weighted by atomic mass is 32.2. The molecule has 0 spiro atoms. The molecule has 1 N–H and O–H groups in total. The highest BCUT2D eigenvalue weighted by Crippen LogP contribution is 2.32. The SMILES string of the molecule is CC1(C)CCC(CSc2nnnn2CCO)O1. The van der Waals surface area contributed by atoms with Gasteiger partial charge in [-0.2, -0.15) is 0 Å². The van der Waals surface area contributed by atoms with Crippen LogP contribution in [0.1, 0.15) is 26.7 Å². The fourth-order valence-corrected chi connectivity index (χ4v) is 2.84. The lowest BCUT2D eigenvalue weighted by molar-refractivity contribution is -0.00469. The number of thioether (sulfide) groups is 1. The Morgan fingerprint density at radius 3 is 3.06 bits per heavy atom. The average Bonchev–Trinajstić information content (AvgIpc) is 2.83. The first-order valence-corrected chi connectivity index (χ1v) is 6.77. The molecule has 1 atom stereocenters. The molecule has 2 heterocycles. The summed E-state index contributed by atoms with van der Waals surface area (Å²) in [5.41, 5.74) is 0.00223. The molecule has 1 saturated heterocycles. The molecule has 1 aliphatic heterocycles. The second-order valence-corrected chi connectivity index (χ2v) is 5.74. The first kappa shape index (κ1) is 12.8. The molecule has 0 radical (unpaired) electrons. The van der Waals surface area contributed by atoms with E-state index in [1.54, 1.807) is 16.4 Å². The van der Waals surface area contributed by atoms with Gasteiger partial charge in [-0.15, -0.1) is 5.10 Å². The summed E-state index contributed by atoms with van der Waals surface area (Å²) in [7, 11) is 0. The van der Waals surface area contributed by atoms with E-state index < -0.39 is 0 Å². The topological polar surface area (TPSA) is 73.1 Å². The van der Waals surface area contributed by atoms with Gasteiger partial charge in [0.15, 0.2) is 0 Å². The molecule has 6 nitrogen and oxygen atoms in total. The van der Waals surface area contributed by atoms with E-state index in [0.29, 0.717) is 6.54 Å². The Morgan fingerprint density at radius 1 is 1.59 bits per heavy atom. The van der Waals surface area contributed by atoms with E-state index in [2.05, 4.69) is 29.4 Å². The largest absolute Gasteiger partial charge is 0.394 e. The van der Waals surface area contributed by atoms with Gasteiger partial charge in [-0.1, -0.05) is 11.8 Å². The molecule has 0 saturated carbocycles. The van der Waals surface area contributed by atoms with Crippen LogP contribution in [0, 0.1) is 0 Å². The Bertz CT molecular complexity index is 369. The number of tetrazole rings is 1. The lowest BCUT2D eigenvalue weighted by Crippen LogP contribution is -2.21. The van der Waals surface area contributed by atoms with Crippen molar-refractivity contribution in [2.24, 2.45) is 0 Å². The van der Waals surface area contributed by atoms with Gasteiger partial charge in [0.05, 0.1) is 24.9 Å². The molecular weight excluding hydrogens is 240 g/mol. The predicted molar refractivity (Wildman–Crippen MR) is 63.8 cm³/mol. The van der Waals surface area contributed by atoms with Crippen molar-refractivity contribution in [1.82, 2.24) is 20.2 Å². The second-order valence-electron chi connectivity index (χ2n) is 4.76. The minimum atomic E-state index is 0.00223. The van der Waals surface area contributed by atoms with Gasteiger partial charge < -0.3 is 9.84 Å². The summed E-state index contributed by atoms with van der Waals surface area (Å²) in [5.74, 6) is 0.856. The summed E-state index contributed by atoms with van der Waals surface area (Å²) < 4.78 is 7.51. The van der Waals surface area contributed by atoms with Crippen LogP contribution in [0.15, 0.2) is 5.16 Å². The number of nitrogens with zero attached hydrogens (tertiary/aromatic N) is 4. The number of aliphatic hydroxyl groups excluding tert-OH is 1. The normalized spacial score (nSPS) is 23.1. The molecule has 7 heteroatoms. The van der Waals surface area contributed by atoms with Crippen LogP contribution in [0.2, 0.25) is 0 Å². The maximum absolute atomic E-state index is 8.86. The van der Waals surface area contributed by atoms with Gasteiger partial charge in [0.2, 0.25) is 5.16 Å². The molecule has 96 valence electrons. The van der Waals surface area contributed by atoms with Crippen LogP contribution in [-0.4, -0.2) is 49.4 Å². The number of aliphatic hydroxyl groups is 1. The second kappa shape index (κ2) is 5.32. The number of aromatic nitrogens is 4. The summed E-state index contributed by atoms with van der Waals surface area (Å²) in [6, 6.07) is 0. The molecule has 1 aromatic rings. The first-order chi connectivity index (χ1) is 8.11. The van der Waals surface area contributed by atoms with Crippen molar-refractivity contribution in [3.05, 3.63) is 0 Å². The van der Waals surface area contributed by atoms with Gasteiger partial charge in [-0.25, -0.2) is 4.68 Å². The molecule has 0 bridgehead atoms. The van der Waals surface area contributed by atoms with E-state index in [9.17, 15) is 0 Å². The summed E-state index contributed by atoms with van der Waals surface area (Å²) >= 11 is 1.58. The molecular formula is C10H18N4O2S. The number of ether oxygens (including phenoxy) is 1. The van der Waals surface area contributed by atoms with Crippen LogP contribution in [-0.2, 0) is 11.3 Å². The van der Waals surface area contributed by atoms with Crippen molar-refractivity contribution in [3.8, 4) is 0 Å². The van der Waals surface area contributed by atoms with E-state index in [1.165, 1.54) is 0 Å². The third-order valence-corrected chi connectivity index (χ3v) is 3.85. The zero-order valence-electron chi connectivity index (χ0n) is 10.2. The van der Waals surface area contributed by atoms with Crippen LogP contribution >= 0.6 is 11.8 Å². The lowest BCUT2D eigenvalue weighted by Gasteiger charge is -2.18. The summed E-state index contributed by atoms with van der Waals surface area (Å²) in [5, 5.41) is 21.0. The molecule has 0 amide bonds. The smallest absolute Gasteiger partial charge is 0.209 e. The van der Waals surface area contributed by atoms with Crippen molar-refractivity contribution in [2.45, 2.75) is 50.1 Å². The van der Waals surface area contributed by atoms with Gasteiger partial charge in [0.1, 0.15) is 0 Å². The van der Waals surface area contributed by atoms with Crippen LogP contribution in [0.5, 0.6) is 0 Å². The minimum Gasteiger partial charge on any atom is -0.394 e. The van der Waals surface area contributed by atoms with Gasteiger partial charge in [0.25, 0.3) is 0 Å². The third kappa shape index (κ3) is 3.40. The van der Waals surface area contributed by atoms with E-state index in [1.807, 2.05) is 0 Å². The van der Waals surface area contributed by atoms with E-state index in [0.717, 1.165) is 23.8 Å². The highest BCUT2D eigenvalue weighted by molar-refractivity contribution is 7.99. The maximum Gasteiger partial charge on any atom is 0.209 e. The Balaban J connectivity index is 1.84. The Kier molecular flexibility index (Phi) is 4.01. The van der Waals surface area contributed by atoms with E-state index >= 15 is 0 Å². The average molecular weight is 258 g/mol. The lowest BCUT2D eigenvalue weighted by atomic mass is 10.1. The third-order valence-electron chi connectivity index (χ3n) is 2.76. The molecule has 1 unspecified atom stereocenters. The Hall–Kier alpha value is -0.660. The molecule has 1 fully saturated rings. The summed E-state index contributed by atoms with van der Waals surface area (Å²) in [4.78, 5) is 0. The van der Waals surface area contributed by atoms with Gasteiger partial charge in [-0.05, 0) is 37.1 Å². The molecule has 0 aromatic carbocycles. The van der Waals surface area contributed by atoms with Gasteiger partial charge >= 0.3 is 0 Å². The number of rotatable bonds is 5. The van der Waals surface area contributed by atoms with Crippen LogP contribution < -0.4 is 0 Å². The summed E-state index contributed by atoms with van der Waals surface area (Å²) in [6.07, 6.45) is 2.45. The first-order valence-electron chi connectivity index (χ1n) is 5.78. The van der Waals surface area contributed by atoms with Crippen LogP contribution in [0.3, 0.4) is 0 Å². The fourth-order valence-electron chi connectivity index (χ4n) is 1.90. The Labute approximate surface area is 105 Å². The predicted octanol–water partition coefficient (Wildman–Crippen LogP) is 0.715. The molecule has 2 rings (SSSR count). The highest BCUT2D eigenvalue weighted by Gasteiger charge is 2.31. The molecule has 17 heavy (non-hydrogen) atoms. The maximum atomic E-state index is 8.86. The standard InChI is InChI=1S/C10H18N4O2S/c1-10(2)4-3-8(16-10)7-17-9-11-12-13-14(9)5-6-15/h8,15H,3-7H2,1-2H3.